The molecular formula is C15H25Cl2N3O3. The number of hydrogen-bond donors (Lipinski definition) is 2. The molecule has 1 heterocycles. The molecule has 1 unspecified atom stereocenters. The van der Waals surface area contributed by atoms with E-state index in [1.54, 1.807) is 0 Å². The van der Waals surface area contributed by atoms with Crippen LogP contribution < -0.4 is 11.1 Å². The summed E-state index contributed by atoms with van der Waals surface area (Å²) in [5.41, 5.74) is 7.64. The number of methoxy groups -OCH3 is 1. The minimum absolute atomic E-state index is 0. The van der Waals surface area contributed by atoms with Crippen LogP contribution in [0, 0.1) is 0 Å². The van der Waals surface area contributed by atoms with E-state index in [1.165, 1.54) is 12.7 Å². The highest BCUT2D eigenvalue weighted by Gasteiger charge is 2.13. The van der Waals surface area contributed by atoms with Crippen molar-refractivity contribution in [3.8, 4) is 0 Å². The first-order chi connectivity index (χ1) is 10.2. The smallest absolute Gasteiger partial charge is 0.243 e. The zero-order chi connectivity index (χ0) is 15.1. The second-order valence-electron chi connectivity index (χ2n) is 5.14. The molecule has 6 nitrogen and oxygen atoms in total. The van der Waals surface area contributed by atoms with Gasteiger partial charge in [-0.3, -0.25) is 9.69 Å². The van der Waals surface area contributed by atoms with Crippen molar-refractivity contribution in [2.24, 2.45) is 5.73 Å². The molecule has 132 valence electrons. The summed E-state index contributed by atoms with van der Waals surface area (Å²) < 4.78 is 10.2. The Bertz CT molecular complexity index is 454. The molecular weight excluding hydrogens is 341 g/mol. The molecule has 1 atom stereocenters. The van der Waals surface area contributed by atoms with E-state index in [9.17, 15) is 4.79 Å². The van der Waals surface area contributed by atoms with E-state index in [0.717, 1.165) is 38.5 Å². The van der Waals surface area contributed by atoms with Crippen LogP contribution in [0.3, 0.4) is 0 Å². The van der Waals surface area contributed by atoms with Gasteiger partial charge in [0, 0.05) is 32.4 Å². The first kappa shape index (κ1) is 22.1. The molecule has 1 aromatic rings. The zero-order valence-electron chi connectivity index (χ0n) is 13.2. The minimum atomic E-state index is -0.650. The first-order valence-electron chi connectivity index (χ1n) is 7.13. The molecule has 23 heavy (non-hydrogen) atoms. The summed E-state index contributed by atoms with van der Waals surface area (Å²) in [5.74, 6) is -0.238. The molecule has 1 amide bonds. The number of nitrogens with zero attached hydrogens (tertiary/aromatic N) is 1. The first-order valence-corrected chi connectivity index (χ1v) is 7.13. The summed E-state index contributed by atoms with van der Waals surface area (Å²) in [6.07, 6.45) is 0. The normalized spacial score (nSPS) is 15.9. The monoisotopic (exact) mass is 365 g/mol. The molecule has 1 fully saturated rings. The van der Waals surface area contributed by atoms with Crippen molar-refractivity contribution in [2.75, 3.05) is 45.3 Å². The zero-order valence-corrected chi connectivity index (χ0v) is 14.8. The number of nitrogens with two attached hydrogens (primary N) is 1. The number of anilines is 1. The number of morpholine rings is 1. The number of ether oxygens (including phenoxy) is 2. The van der Waals surface area contributed by atoms with Crippen molar-refractivity contribution >= 4 is 36.4 Å². The van der Waals surface area contributed by atoms with Crippen LogP contribution in [0.5, 0.6) is 0 Å². The highest BCUT2D eigenvalue weighted by atomic mass is 35.5. The highest BCUT2D eigenvalue weighted by molar-refractivity contribution is 5.94. The molecule has 1 aromatic carbocycles. The topological polar surface area (TPSA) is 76.8 Å². The number of benzene rings is 1. The Morgan fingerprint density at radius 2 is 1.91 bits per heavy atom. The largest absolute Gasteiger partial charge is 0.383 e. The van der Waals surface area contributed by atoms with Gasteiger partial charge in [-0.1, -0.05) is 12.1 Å². The second-order valence-corrected chi connectivity index (χ2v) is 5.14. The second kappa shape index (κ2) is 11.6. The molecule has 8 heteroatoms. The van der Waals surface area contributed by atoms with E-state index in [2.05, 4.69) is 10.2 Å². The SMILES string of the molecule is COCC(N)C(=O)Nc1ccc(CN2CCOCC2)cc1.Cl.Cl. The van der Waals surface area contributed by atoms with E-state index in [-0.39, 0.29) is 37.3 Å². The maximum Gasteiger partial charge on any atom is 0.243 e. The number of carbonyl (C=O) groups is 1. The van der Waals surface area contributed by atoms with Crippen molar-refractivity contribution in [3.63, 3.8) is 0 Å². The molecule has 2 rings (SSSR count). The summed E-state index contributed by atoms with van der Waals surface area (Å²) in [6, 6.07) is 7.18. The van der Waals surface area contributed by atoms with Crippen molar-refractivity contribution in [1.82, 2.24) is 4.90 Å². The Kier molecular flexibility index (Phi) is 11.2. The van der Waals surface area contributed by atoms with Crippen LogP contribution in [0.1, 0.15) is 5.56 Å². The van der Waals surface area contributed by atoms with Crippen LogP contribution in [0.15, 0.2) is 24.3 Å². The van der Waals surface area contributed by atoms with Crippen LogP contribution in [0.4, 0.5) is 5.69 Å². The number of amides is 1. The van der Waals surface area contributed by atoms with Gasteiger partial charge in [-0.2, -0.15) is 0 Å². The molecule has 0 bridgehead atoms. The van der Waals surface area contributed by atoms with Crippen LogP contribution in [0.25, 0.3) is 0 Å². The van der Waals surface area contributed by atoms with Gasteiger partial charge in [0.15, 0.2) is 0 Å². The number of hydrogen-bond acceptors (Lipinski definition) is 5. The van der Waals surface area contributed by atoms with Gasteiger partial charge in [0.25, 0.3) is 0 Å². The van der Waals surface area contributed by atoms with E-state index in [1.807, 2.05) is 24.3 Å². The van der Waals surface area contributed by atoms with Crippen molar-refractivity contribution in [1.29, 1.82) is 0 Å². The number of rotatable bonds is 6. The summed E-state index contributed by atoms with van der Waals surface area (Å²) >= 11 is 0. The maximum absolute atomic E-state index is 11.8. The molecule has 0 radical (unpaired) electrons. The van der Waals surface area contributed by atoms with Crippen molar-refractivity contribution in [3.05, 3.63) is 29.8 Å². The third-order valence-corrected chi connectivity index (χ3v) is 3.41. The van der Waals surface area contributed by atoms with Gasteiger partial charge in [-0.15, -0.1) is 24.8 Å². The van der Waals surface area contributed by atoms with E-state index < -0.39 is 6.04 Å². The maximum atomic E-state index is 11.8. The summed E-state index contributed by atoms with van der Waals surface area (Å²) in [7, 11) is 1.52. The Balaban J connectivity index is 0.00000242. The van der Waals surface area contributed by atoms with Crippen LogP contribution in [-0.2, 0) is 20.8 Å². The Hall–Kier alpha value is -0.890. The van der Waals surface area contributed by atoms with Crippen molar-refractivity contribution in [2.45, 2.75) is 12.6 Å². The van der Waals surface area contributed by atoms with E-state index in [4.69, 9.17) is 15.2 Å². The van der Waals surface area contributed by atoms with Crippen LogP contribution in [0.2, 0.25) is 0 Å². The third kappa shape index (κ3) is 7.48. The van der Waals surface area contributed by atoms with Gasteiger partial charge >= 0.3 is 0 Å². The number of carbonyl (C=O) groups excluding carboxylic acids is 1. The lowest BCUT2D eigenvalue weighted by molar-refractivity contribution is -0.118. The van der Waals surface area contributed by atoms with Crippen LogP contribution in [-0.4, -0.2) is 56.9 Å². The summed E-state index contributed by atoms with van der Waals surface area (Å²) in [6.45, 7) is 4.63. The molecule has 0 aromatic heterocycles. The lowest BCUT2D eigenvalue weighted by atomic mass is 10.2. The van der Waals surface area contributed by atoms with Crippen LogP contribution >= 0.6 is 24.8 Å². The van der Waals surface area contributed by atoms with Gasteiger partial charge < -0.3 is 20.5 Å². The predicted octanol–water partition coefficient (Wildman–Crippen LogP) is 1.27. The van der Waals surface area contributed by atoms with E-state index >= 15 is 0 Å². The quantitative estimate of drug-likeness (QED) is 0.793. The standard InChI is InChI=1S/C15H23N3O3.2ClH/c1-20-11-14(16)15(19)17-13-4-2-12(3-5-13)10-18-6-8-21-9-7-18;;/h2-5,14H,6-11,16H2,1H3,(H,17,19);2*1H. The number of halogens is 2. The lowest BCUT2D eigenvalue weighted by Gasteiger charge is -2.26. The average Bonchev–Trinajstić information content (AvgIpc) is 2.50. The molecule has 0 aliphatic carbocycles. The Labute approximate surface area is 149 Å². The molecule has 1 aliphatic heterocycles. The molecule has 3 N–H and O–H groups in total. The van der Waals surface area contributed by atoms with Gasteiger partial charge in [-0.05, 0) is 17.7 Å². The average molecular weight is 366 g/mol. The summed E-state index contributed by atoms with van der Waals surface area (Å²) in [4.78, 5) is 14.1. The number of nitrogens with one attached hydrogen (secondary N) is 1. The fourth-order valence-electron chi connectivity index (χ4n) is 2.20. The Morgan fingerprint density at radius 3 is 2.48 bits per heavy atom. The fourth-order valence-corrected chi connectivity index (χ4v) is 2.20. The molecule has 1 aliphatic rings. The molecule has 0 spiro atoms. The third-order valence-electron chi connectivity index (χ3n) is 3.41. The molecule has 0 saturated carbocycles. The minimum Gasteiger partial charge on any atom is -0.383 e. The van der Waals surface area contributed by atoms with Gasteiger partial charge in [0.2, 0.25) is 5.91 Å². The van der Waals surface area contributed by atoms with Gasteiger partial charge in [0.05, 0.1) is 19.8 Å². The molecule has 1 saturated heterocycles. The highest BCUT2D eigenvalue weighted by Crippen LogP contribution is 2.12. The van der Waals surface area contributed by atoms with Gasteiger partial charge in [-0.25, -0.2) is 0 Å². The fraction of sp³-hybridized carbons (Fsp3) is 0.533. The lowest BCUT2D eigenvalue weighted by Crippen LogP contribution is -2.39. The van der Waals surface area contributed by atoms with E-state index in [0.29, 0.717) is 0 Å². The predicted molar refractivity (Wildman–Crippen MR) is 95.5 cm³/mol. The summed E-state index contributed by atoms with van der Waals surface area (Å²) in [5, 5.41) is 2.78. The Morgan fingerprint density at radius 1 is 1.30 bits per heavy atom. The van der Waals surface area contributed by atoms with Crippen molar-refractivity contribution < 1.29 is 14.3 Å². The van der Waals surface area contributed by atoms with Gasteiger partial charge in [0.1, 0.15) is 6.04 Å².